The van der Waals surface area contributed by atoms with E-state index >= 15 is 0 Å². The molecule has 176 valence electrons. The molecule has 3 aromatic rings. The zero-order valence-electron chi connectivity index (χ0n) is 18.8. The van der Waals surface area contributed by atoms with E-state index in [9.17, 15) is 18.4 Å². The number of urea groups is 1. The van der Waals surface area contributed by atoms with E-state index in [0.717, 1.165) is 49.3 Å². The van der Waals surface area contributed by atoms with E-state index in [-0.39, 0.29) is 17.6 Å². The van der Waals surface area contributed by atoms with E-state index in [1.54, 1.807) is 12.1 Å². The van der Waals surface area contributed by atoms with Gasteiger partial charge in [-0.1, -0.05) is 30.3 Å². The number of carbonyl (C=O) groups is 2. The van der Waals surface area contributed by atoms with Crippen molar-refractivity contribution in [3.8, 4) is 0 Å². The molecular weight excluding hydrogens is 438 g/mol. The Balaban J connectivity index is 1.54. The first kappa shape index (κ1) is 23.2. The highest BCUT2D eigenvalue weighted by Crippen LogP contribution is 2.28. The number of nitrogens with zero attached hydrogens (tertiary/aromatic N) is 1. The summed E-state index contributed by atoms with van der Waals surface area (Å²) in [7, 11) is 0. The summed E-state index contributed by atoms with van der Waals surface area (Å²) >= 11 is 0. The molecule has 3 aromatic carbocycles. The average Bonchev–Trinajstić information content (AvgIpc) is 3.36. The van der Waals surface area contributed by atoms with Gasteiger partial charge in [0, 0.05) is 30.5 Å². The number of nitrogens with one attached hydrogen (secondary N) is 3. The van der Waals surface area contributed by atoms with Crippen molar-refractivity contribution in [3.05, 3.63) is 89.5 Å². The Bertz CT molecular complexity index is 1180. The summed E-state index contributed by atoms with van der Waals surface area (Å²) in [5, 5.41) is 8.01. The Labute approximate surface area is 197 Å². The van der Waals surface area contributed by atoms with Crippen molar-refractivity contribution < 1.29 is 18.4 Å². The Morgan fingerprint density at radius 2 is 1.65 bits per heavy atom. The smallest absolute Gasteiger partial charge is 0.323 e. The van der Waals surface area contributed by atoms with Crippen molar-refractivity contribution in [2.45, 2.75) is 25.8 Å². The van der Waals surface area contributed by atoms with Gasteiger partial charge in [0.05, 0.1) is 17.3 Å². The molecule has 0 radical (unpaired) electrons. The fraction of sp³-hybridized carbons (Fsp3) is 0.231. The highest BCUT2D eigenvalue weighted by Gasteiger charge is 2.22. The fourth-order valence-corrected chi connectivity index (χ4v) is 4.00. The molecule has 0 bridgehead atoms. The zero-order valence-corrected chi connectivity index (χ0v) is 18.8. The second-order valence-electron chi connectivity index (χ2n) is 8.24. The van der Waals surface area contributed by atoms with Crippen molar-refractivity contribution in [2.24, 2.45) is 0 Å². The molecule has 0 aliphatic carbocycles. The number of benzene rings is 3. The van der Waals surface area contributed by atoms with Gasteiger partial charge in [0.1, 0.15) is 11.6 Å². The van der Waals surface area contributed by atoms with Gasteiger partial charge in [-0.15, -0.1) is 0 Å². The highest BCUT2D eigenvalue weighted by molar-refractivity contribution is 6.04. The van der Waals surface area contributed by atoms with E-state index in [0.29, 0.717) is 17.3 Å². The lowest BCUT2D eigenvalue weighted by Gasteiger charge is -2.23. The van der Waals surface area contributed by atoms with Crippen LogP contribution >= 0.6 is 0 Å². The Kier molecular flexibility index (Phi) is 7.06. The largest absolute Gasteiger partial charge is 0.371 e. The van der Waals surface area contributed by atoms with Gasteiger partial charge in [0.25, 0.3) is 5.91 Å². The SMILES string of the molecule is CC(NC(=O)c1cc(NC(=O)Nc2ccc(F)cc2F)ccc1N1CCCC1)c1ccccc1. The first-order valence-corrected chi connectivity index (χ1v) is 11.2. The Morgan fingerprint density at radius 3 is 2.35 bits per heavy atom. The van der Waals surface area contributed by atoms with Crippen LogP contribution in [0.4, 0.5) is 30.6 Å². The second kappa shape index (κ2) is 10.3. The second-order valence-corrected chi connectivity index (χ2v) is 8.24. The lowest BCUT2D eigenvalue weighted by atomic mass is 10.1. The molecule has 0 saturated carbocycles. The van der Waals surface area contributed by atoms with Gasteiger partial charge < -0.3 is 20.9 Å². The summed E-state index contributed by atoms with van der Waals surface area (Å²) in [4.78, 5) is 27.8. The predicted molar refractivity (Wildman–Crippen MR) is 129 cm³/mol. The number of carbonyl (C=O) groups excluding carboxylic acids is 2. The van der Waals surface area contributed by atoms with Crippen LogP contribution in [0.15, 0.2) is 66.7 Å². The van der Waals surface area contributed by atoms with E-state index in [1.807, 2.05) is 43.3 Å². The van der Waals surface area contributed by atoms with Crippen LogP contribution in [0, 0.1) is 11.6 Å². The molecule has 1 aliphatic rings. The Hall–Kier alpha value is -3.94. The van der Waals surface area contributed by atoms with Crippen LogP contribution in [-0.4, -0.2) is 25.0 Å². The summed E-state index contributed by atoms with van der Waals surface area (Å²) in [6.45, 7) is 3.62. The van der Waals surface area contributed by atoms with E-state index in [1.165, 1.54) is 0 Å². The van der Waals surface area contributed by atoms with Crippen molar-refractivity contribution in [3.63, 3.8) is 0 Å². The normalized spacial score (nSPS) is 13.9. The quantitative estimate of drug-likeness (QED) is 0.438. The molecule has 1 heterocycles. The summed E-state index contributed by atoms with van der Waals surface area (Å²) in [6.07, 6.45) is 2.10. The molecule has 3 amide bonds. The topological polar surface area (TPSA) is 73.5 Å². The number of hydrogen-bond acceptors (Lipinski definition) is 3. The highest BCUT2D eigenvalue weighted by atomic mass is 19.1. The van der Waals surface area contributed by atoms with Gasteiger partial charge in [-0.3, -0.25) is 4.79 Å². The first-order chi connectivity index (χ1) is 16.4. The molecule has 4 rings (SSSR count). The van der Waals surface area contributed by atoms with Crippen LogP contribution in [0.1, 0.15) is 41.7 Å². The van der Waals surface area contributed by atoms with Gasteiger partial charge in [0.2, 0.25) is 0 Å². The third-order valence-corrected chi connectivity index (χ3v) is 5.77. The predicted octanol–water partition coefficient (Wildman–Crippen LogP) is 5.70. The molecule has 1 unspecified atom stereocenters. The lowest BCUT2D eigenvalue weighted by Crippen LogP contribution is -2.30. The number of amides is 3. The van der Waals surface area contributed by atoms with Crippen molar-refractivity contribution in [1.29, 1.82) is 0 Å². The van der Waals surface area contributed by atoms with Gasteiger partial charge in [0.15, 0.2) is 0 Å². The first-order valence-electron chi connectivity index (χ1n) is 11.2. The minimum Gasteiger partial charge on any atom is -0.371 e. The standard InChI is InChI=1S/C26H26F2N4O2/c1-17(18-7-3-2-4-8-18)29-25(33)21-16-20(10-12-24(21)32-13-5-6-14-32)30-26(34)31-23-11-9-19(27)15-22(23)28/h2-4,7-12,15-17H,5-6,13-14H2,1H3,(H,29,33)(H2,30,31,34). The number of rotatable bonds is 6. The summed E-state index contributed by atoms with van der Waals surface area (Å²) < 4.78 is 27.0. The molecule has 0 spiro atoms. The molecule has 6 nitrogen and oxygen atoms in total. The maximum Gasteiger partial charge on any atom is 0.323 e. The monoisotopic (exact) mass is 464 g/mol. The molecule has 3 N–H and O–H groups in total. The van der Waals surface area contributed by atoms with Crippen LogP contribution in [0.5, 0.6) is 0 Å². The molecule has 1 atom stereocenters. The maximum atomic E-state index is 13.9. The molecule has 0 aromatic heterocycles. The lowest BCUT2D eigenvalue weighted by molar-refractivity contribution is 0.0940. The third kappa shape index (κ3) is 5.51. The van der Waals surface area contributed by atoms with E-state index in [2.05, 4.69) is 20.9 Å². The van der Waals surface area contributed by atoms with Crippen molar-refractivity contribution >= 4 is 29.0 Å². The van der Waals surface area contributed by atoms with Crippen molar-refractivity contribution in [2.75, 3.05) is 28.6 Å². The van der Waals surface area contributed by atoms with Crippen LogP contribution in [0.2, 0.25) is 0 Å². The Morgan fingerprint density at radius 1 is 0.912 bits per heavy atom. The van der Waals surface area contributed by atoms with E-state index in [4.69, 9.17) is 0 Å². The molecular formula is C26H26F2N4O2. The van der Waals surface area contributed by atoms with Gasteiger partial charge in [-0.2, -0.15) is 0 Å². The summed E-state index contributed by atoms with van der Waals surface area (Å²) in [6, 6.07) is 16.7. The third-order valence-electron chi connectivity index (χ3n) is 5.77. The van der Waals surface area contributed by atoms with Crippen LogP contribution in [-0.2, 0) is 0 Å². The number of anilines is 3. The van der Waals surface area contributed by atoms with Crippen LogP contribution in [0.3, 0.4) is 0 Å². The molecule has 1 aliphatic heterocycles. The van der Waals surface area contributed by atoms with Crippen LogP contribution in [0.25, 0.3) is 0 Å². The molecule has 1 fully saturated rings. The molecule has 34 heavy (non-hydrogen) atoms. The van der Waals surface area contributed by atoms with Gasteiger partial charge in [-0.25, -0.2) is 13.6 Å². The minimum absolute atomic E-state index is 0.151. The molecule has 1 saturated heterocycles. The average molecular weight is 465 g/mol. The zero-order chi connectivity index (χ0) is 24.1. The van der Waals surface area contributed by atoms with E-state index < -0.39 is 17.7 Å². The summed E-state index contributed by atoms with van der Waals surface area (Å²) in [5.74, 6) is -1.87. The maximum absolute atomic E-state index is 13.9. The number of halogens is 2. The van der Waals surface area contributed by atoms with Gasteiger partial charge >= 0.3 is 6.03 Å². The summed E-state index contributed by atoms with van der Waals surface area (Å²) in [5.41, 5.74) is 2.44. The van der Waals surface area contributed by atoms with Gasteiger partial charge in [-0.05, 0) is 55.7 Å². The fourth-order valence-electron chi connectivity index (χ4n) is 4.00. The van der Waals surface area contributed by atoms with Crippen LogP contribution < -0.4 is 20.9 Å². The minimum atomic E-state index is -0.880. The molecule has 8 heteroatoms. The van der Waals surface area contributed by atoms with Crippen molar-refractivity contribution in [1.82, 2.24) is 5.32 Å². The number of hydrogen-bond donors (Lipinski definition) is 3.